The topological polar surface area (TPSA) is 85.2 Å². The van der Waals surface area contributed by atoms with Crippen LogP contribution in [0.25, 0.3) is 0 Å². The van der Waals surface area contributed by atoms with Crippen molar-refractivity contribution in [2.45, 2.75) is 112 Å². The Morgan fingerprint density at radius 3 is 2.24 bits per heavy atom. The van der Waals surface area contributed by atoms with Crippen molar-refractivity contribution < 1.29 is 42.5 Å². The maximum atomic E-state index is 13.4. The number of carbonyl (C=O) groups excluding carboxylic acids is 2. The van der Waals surface area contributed by atoms with Gasteiger partial charge in [0.05, 0.1) is 18.2 Å². The van der Waals surface area contributed by atoms with Crippen molar-refractivity contribution >= 4 is 27.2 Å². The van der Waals surface area contributed by atoms with E-state index in [4.69, 9.17) is 9.47 Å². The Kier molecular flexibility index (Phi) is 8.79. The maximum absolute atomic E-state index is 13.4. The van der Waals surface area contributed by atoms with Gasteiger partial charge in [-0.15, -0.1) is 5.41 Å². The first-order chi connectivity index (χ1) is 19.0. The molecule has 5 aliphatic rings. The number of ether oxygens (including phenoxy) is 2. The van der Waals surface area contributed by atoms with E-state index in [0.29, 0.717) is 18.1 Å². The second-order valence-electron chi connectivity index (χ2n) is 15.6. The van der Waals surface area contributed by atoms with Gasteiger partial charge in [0, 0.05) is 6.92 Å². The SMILES string of the molecule is [CH2-][C@@]1(C)/C(=N/O)[C@H](OC(C)=O)C[C@@]2(C)[C@H]1CC[C@]1(C)[C@@H]2CC=C2[C@@H]3CC(C)(C)CC[C@]3(C(=O)OC)CC[C@]21C.[Cl][Pd+]. The summed E-state index contributed by atoms with van der Waals surface area (Å²) >= 11 is 2.22. The van der Waals surface area contributed by atoms with E-state index < -0.39 is 16.9 Å². The Bertz CT molecular complexity index is 1130. The molecular weight excluding hydrogens is 632 g/mol. The fourth-order valence-electron chi connectivity index (χ4n) is 11.0. The molecule has 9 atom stereocenters. The minimum absolute atomic E-state index is 0.0194. The summed E-state index contributed by atoms with van der Waals surface area (Å²) in [6.07, 6.45) is 10.4. The number of oxime groups is 1. The van der Waals surface area contributed by atoms with Crippen LogP contribution in [0.5, 0.6) is 0 Å². The fourth-order valence-corrected chi connectivity index (χ4v) is 11.0. The number of esters is 2. The zero-order chi connectivity index (χ0) is 30.8. The monoisotopic (exact) mass is 681 g/mol. The molecule has 0 saturated heterocycles. The van der Waals surface area contributed by atoms with Crippen molar-refractivity contribution in [3.8, 4) is 0 Å². The molecule has 234 valence electrons. The molecule has 0 aliphatic heterocycles. The van der Waals surface area contributed by atoms with Crippen molar-refractivity contribution in [1.82, 2.24) is 0 Å². The Balaban J connectivity index is 0.00000189. The zero-order valence-corrected chi connectivity index (χ0v) is 28.5. The van der Waals surface area contributed by atoms with E-state index in [1.807, 2.05) is 0 Å². The van der Waals surface area contributed by atoms with Crippen LogP contribution in [0.3, 0.4) is 0 Å². The van der Waals surface area contributed by atoms with Gasteiger partial charge in [-0.05, 0) is 84.9 Å². The minimum atomic E-state index is -0.631. The number of carbonyl (C=O) groups is 2. The van der Waals surface area contributed by atoms with Crippen LogP contribution in [0.2, 0.25) is 0 Å². The summed E-state index contributed by atoms with van der Waals surface area (Å²) in [5, 5.41) is 13.7. The van der Waals surface area contributed by atoms with Crippen molar-refractivity contribution in [3.05, 3.63) is 18.6 Å². The van der Waals surface area contributed by atoms with Crippen LogP contribution in [-0.4, -0.2) is 36.1 Å². The third kappa shape index (κ3) is 4.69. The molecule has 0 heterocycles. The molecule has 1 N–H and O–H groups in total. The van der Waals surface area contributed by atoms with Gasteiger partial charge in [-0.3, -0.25) is 9.59 Å². The molecule has 0 amide bonds. The Morgan fingerprint density at radius 1 is 1.02 bits per heavy atom. The van der Waals surface area contributed by atoms with Crippen LogP contribution >= 0.6 is 9.53 Å². The van der Waals surface area contributed by atoms with Gasteiger partial charge < -0.3 is 21.6 Å². The van der Waals surface area contributed by atoms with Gasteiger partial charge in [0.2, 0.25) is 0 Å². The molecule has 5 rings (SSSR count). The van der Waals surface area contributed by atoms with E-state index in [1.165, 1.54) is 12.5 Å². The van der Waals surface area contributed by atoms with Gasteiger partial charge in [-0.2, -0.15) is 0 Å². The molecule has 4 fully saturated rings. The van der Waals surface area contributed by atoms with Crippen molar-refractivity contribution in [2.75, 3.05) is 7.11 Å². The summed E-state index contributed by atoms with van der Waals surface area (Å²) in [6.45, 7) is 20.1. The normalized spacial score (nSPS) is 47.2. The third-order valence-electron chi connectivity index (χ3n) is 13.2. The van der Waals surface area contributed by atoms with Crippen molar-refractivity contribution in [3.63, 3.8) is 0 Å². The Morgan fingerprint density at radius 2 is 1.66 bits per heavy atom. The molecule has 0 aromatic carbocycles. The molecule has 0 aromatic rings. The zero-order valence-electron chi connectivity index (χ0n) is 26.2. The van der Waals surface area contributed by atoms with Crippen LogP contribution in [0.15, 0.2) is 16.8 Å². The molecule has 6 nitrogen and oxygen atoms in total. The van der Waals surface area contributed by atoms with Crippen LogP contribution in [0.4, 0.5) is 0 Å². The van der Waals surface area contributed by atoms with Crippen LogP contribution in [-0.2, 0) is 37.2 Å². The van der Waals surface area contributed by atoms with Gasteiger partial charge in [0.25, 0.3) is 0 Å². The first kappa shape index (κ1) is 33.0. The molecule has 0 bridgehead atoms. The molecule has 0 radical (unpaired) electrons. The Labute approximate surface area is 262 Å². The standard InChI is InChI=1S/C33H50NO5.ClH.Pd/c1-20(35)39-23-19-30(6)24(29(4,5)26(23)34-37)12-13-32(8)25(30)11-10-21-22-18-28(2,3)14-16-33(22,27(36)38-9)17-15-31(21,32)7;;/h10,22-25,37H,4,11-19H2,1-3,5-9H3;1H;/q-1;;+2/p-1/b34-26+;;/t22-,23+,24-,25+,29-,30-,31+,32+,33-;;/m0../s1. The number of rotatable bonds is 2. The van der Waals surface area contributed by atoms with Crippen LogP contribution < -0.4 is 0 Å². The first-order valence-electron chi connectivity index (χ1n) is 15.2. The average molecular weight is 683 g/mol. The second-order valence-corrected chi connectivity index (χ2v) is 15.6. The number of methoxy groups -OCH3 is 1. The van der Waals surface area contributed by atoms with Gasteiger partial charge in [0.1, 0.15) is 6.10 Å². The van der Waals surface area contributed by atoms with Crippen LogP contribution in [0.1, 0.15) is 106 Å². The molecule has 0 unspecified atom stereocenters. The van der Waals surface area contributed by atoms with Gasteiger partial charge in [0.15, 0.2) is 0 Å². The van der Waals surface area contributed by atoms with Crippen molar-refractivity contribution in [1.29, 1.82) is 0 Å². The molecule has 4 saturated carbocycles. The summed E-state index contributed by atoms with van der Waals surface area (Å²) in [6, 6.07) is 0. The van der Waals surface area contributed by atoms with Gasteiger partial charge >= 0.3 is 39.6 Å². The number of allylic oxidation sites excluding steroid dienone is 2. The third-order valence-corrected chi connectivity index (χ3v) is 13.2. The molecule has 0 spiro atoms. The average Bonchev–Trinajstić information content (AvgIpc) is 2.88. The second kappa shape index (κ2) is 10.9. The number of hydrogen-bond donors (Lipinski definition) is 1. The molecule has 5 aliphatic carbocycles. The predicted molar refractivity (Wildman–Crippen MR) is 157 cm³/mol. The number of halogens is 1. The molecule has 0 aromatic heterocycles. The molecule has 8 heteroatoms. The summed E-state index contributed by atoms with van der Waals surface area (Å²) in [5.41, 5.74) is 0.987. The summed E-state index contributed by atoms with van der Waals surface area (Å²) < 4.78 is 11.3. The number of hydrogen-bond acceptors (Lipinski definition) is 6. The van der Waals surface area contributed by atoms with E-state index in [-0.39, 0.29) is 45.4 Å². The summed E-state index contributed by atoms with van der Waals surface area (Å²) in [5.74, 6) is 0.405. The van der Waals surface area contributed by atoms with E-state index in [2.05, 4.69) is 87.4 Å². The quantitative estimate of drug-likeness (QED) is 0.0802. The summed E-state index contributed by atoms with van der Waals surface area (Å²) in [4.78, 5) is 25.5. The predicted octanol–water partition coefficient (Wildman–Crippen LogP) is 7.83. The number of nitrogens with zero attached hydrogens (tertiary/aromatic N) is 1. The van der Waals surface area contributed by atoms with E-state index >= 15 is 0 Å². The summed E-state index contributed by atoms with van der Waals surface area (Å²) in [7, 11) is 6.04. The first-order valence-corrected chi connectivity index (χ1v) is 17.2. The van der Waals surface area contributed by atoms with E-state index in [0.717, 1.165) is 51.4 Å². The van der Waals surface area contributed by atoms with E-state index in [9.17, 15) is 14.8 Å². The molecular formula is C33H50ClNO5Pd. The van der Waals surface area contributed by atoms with Crippen molar-refractivity contribution in [2.24, 2.45) is 55.4 Å². The van der Waals surface area contributed by atoms with Gasteiger partial charge in [-0.25, -0.2) is 0 Å². The van der Waals surface area contributed by atoms with E-state index in [1.54, 1.807) is 7.11 Å². The molecule has 41 heavy (non-hydrogen) atoms. The van der Waals surface area contributed by atoms with Crippen LogP contribution in [0, 0.1) is 57.2 Å². The van der Waals surface area contributed by atoms with Gasteiger partial charge in [-0.1, -0.05) is 70.7 Å². The Hall–Kier alpha value is -0.898. The fraction of sp³-hybridized carbons (Fsp3) is 0.818. The number of fused-ring (bicyclic) bond motifs is 7.